The molecule has 0 saturated carbocycles. The fourth-order valence-corrected chi connectivity index (χ4v) is 4.18. The van der Waals surface area contributed by atoms with Crippen LogP contribution in [0.15, 0.2) is 101 Å². The molecular formula is C26H19N5O3. The van der Waals surface area contributed by atoms with E-state index in [0.717, 1.165) is 22.7 Å². The molecule has 0 fully saturated rings. The van der Waals surface area contributed by atoms with Crippen LogP contribution in [0.1, 0.15) is 21.7 Å². The monoisotopic (exact) mass is 449 g/mol. The van der Waals surface area contributed by atoms with Crippen LogP contribution < -0.4 is 5.63 Å². The highest BCUT2D eigenvalue weighted by Crippen LogP contribution is 2.18. The van der Waals surface area contributed by atoms with Crippen molar-refractivity contribution in [3.8, 4) is 0 Å². The van der Waals surface area contributed by atoms with Gasteiger partial charge in [0.05, 0.1) is 36.9 Å². The van der Waals surface area contributed by atoms with Crippen molar-refractivity contribution in [2.45, 2.75) is 13.1 Å². The number of carbonyl (C=O) groups is 1. The molecule has 0 aliphatic heterocycles. The highest BCUT2D eigenvalue weighted by atomic mass is 16.4. The van der Waals surface area contributed by atoms with Crippen LogP contribution in [-0.4, -0.2) is 29.6 Å². The van der Waals surface area contributed by atoms with E-state index in [1.54, 1.807) is 35.5 Å². The third-order valence-corrected chi connectivity index (χ3v) is 5.85. The van der Waals surface area contributed by atoms with Gasteiger partial charge in [-0.05, 0) is 36.4 Å². The van der Waals surface area contributed by atoms with Gasteiger partial charge in [0.1, 0.15) is 22.4 Å². The first kappa shape index (κ1) is 19.9. The summed E-state index contributed by atoms with van der Waals surface area (Å²) in [6.45, 7) is 0.493. The molecule has 8 nitrogen and oxygen atoms in total. The minimum atomic E-state index is -0.662. The number of nitrogens with zero attached hydrogens (tertiary/aromatic N) is 5. The fraction of sp³-hybridized carbons (Fsp3) is 0.0769. The van der Waals surface area contributed by atoms with Gasteiger partial charge >= 0.3 is 5.63 Å². The van der Waals surface area contributed by atoms with Crippen molar-refractivity contribution in [2.24, 2.45) is 0 Å². The van der Waals surface area contributed by atoms with Crippen LogP contribution in [0.3, 0.4) is 0 Å². The number of fused-ring (bicyclic) bond motifs is 3. The van der Waals surface area contributed by atoms with Crippen molar-refractivity contribution in [1.82, 2.24) is 23.7 Å². The number of benzene rings is 1. The van der Waals surface area contributed by atoms with Gasteiger partial charge < -0.3 is 18.1 Å². The summed E-state index contributed by atoms with van der Waals surface area (Å²) < 4.78 is 9.29. The van der Waals surface area contributed by atoms with E-state index in [4.69, 9.17) is 4.42 Å². The molecule has 0 N–H and O–H groups in total. The van der Waals surface area contributed by atoms with Crippen LogP contribution >= 0.6 is 0 Å². The summed E-state index contributed by atoms with van der Waals surface area (Å²) >= 11 is 0. The number of carbonyl (C=O) groups excluding carboxylic acids is 1. The molecule has 34 heavy (non-hydrogen) atoms. The van der Waals surface area contributed by atoms with Crippen LogP contribution in [0.5, 0.6) is 0 Å². The van der Waals surface area contributed by atoms with Gasteiger partial charge in [-0.25, -0.2) is 14.8 Å². The van der Waals surface area contributed by atoms with Gasteiger partial charge in [0.15, 0.2) is 0 Å². The lowest BCUT2D eigenvalue weighted by Gasteiger charge is -2.22. The Morgan fingerprint density at radius 2 is 1.41 bits per heavy atom. The van der Waals surface area contributed by atoms with Gasteiger partial charge in [-0.2, -0.15) is 0 Å². The number of para-hydroxylation sites is 1. The molecule has 1 amide bonds. The molecule has 166 valence electrons. The predicted octanol–water partition coefficient (Wildman–Crippen LogP) is 3.93. The van der Waals surface area contributed by atoms with E-state index in [-0.39, 0.29) is 18.7 Å². The first-order valence-corrected chi connectivity index (χ1v) is 10.8. The van der Waals surface area contributed by atoms with E-state index in [1.807, 2.05) is 69.7 Å². The zero-order valence-corrected chi connectivity index (χ0v) is 18.0. The van der Waals surface area contributed by atoms with Crippen molar-refractivity contribution in [3.63, 3.8) is 0 Å². The van der Waals surface area contributed by atoms with Crippen molar-refractivity contribution < 1.29 is 9.21 Å². The molecule has 0 saturated heterocycles. The maximum absolute atomic E-state index is 13.7. The van der Waals surface area contributed by atoms with Gasteiger partial charge in [-0.1, -0.05) is 30.3 Å². The molecule has 1 aromatic carbocycles. The maximum Gasteiger partial charge on any atom is 0.349 e. The molecule has 6 aromatic rings. The Morgan fingerprint density at radius 1 is 0.824 bits per heavy atom. The normalized spacial score (nSPS) is 11.4. The van der Waals surface area contributed by atoms with Crippen molar-refractivity contribution in [3.05, 3.63) is 119 Å². The Kier molecular flexibility index (Phi) is 4.69. The second-order valence-corrected chi connectivity index (χ2v) is 8.00. The van der Waals surface area contributed by atoms with Gasteiger partial charge in [0.2, 0.25) is 0 Å². The standard InChI is InChI=1S/C26H19N5O3/c32-25(21-13-18-7-1-2-8-22(18)34-26(21)33)29(16-19-14-27-23-9-3-5-11-30(19)23)17-20-15-28-24-10-4-6-12-31(20)24/h1-15H,16-17H2. The summed E-state index contributed by atoms with van der Waals surface area (Å²) in [5.74, 6) is -0.420. The van der Waals surface area contributed by atoms with Gasteiger partial charge in [-0.3, -0.25) is 4.79 Å². The summed E-state index contributed by atoms with van der Waals surface area (Å²) in [4.78, 5) is 37.0. The summed E-state index contributed by atoms with van der Waals surface area (Å²) in [7, 11) is 0. The molecule has 0 aliphatic carbocycles. The van der Waals surface area contributed by atoms with E-state index >= 15 is 0 Å². The highest BCUT2D eigenvalue weighted by Gasteiger charge is 2.23. The van der Waals surface area contributed by atoms with E-state index in [9.17, 15) is 9.59 Å². The van der Waals surface area contributed by atoms with Crippen molar-refractivity contribution in [1.29, 1.82) is 0 Å². The molecule has 0 bridgehead atoms. The Bertz CT molecular complexity index is 1650. The fourth-order valence-electron chi connectivity index (χ4n) is 4.18. The zero-order valence-electron chi connectivity index (χ0n) is 18.0. The van der Waals surface area contributed by atoms with E-state index < -0.39 is 11.5 Å². The number of aromatic nitrogens is 4. The summed E-state index contributed by atoms with van der Waals surface area (Å²) in [6.07, 6.45) is 7.29. The lowest BCUT2D eigenvalue weighted by atomic mass is 10.1. The molecule has 0 radical (unpaired) electrons. The SMILES string of the molecule is O=C(c1cc2ccccc2oc1=O)N(Cc1cnc2ccccn12)Cc1cnc2ccccn12. The Morgan fingerprint density at radius 3 is 2.06 bits per heavy atom. The number of hydrogen-bond acceptors (Lipinski definition) is 5. The Hall–Kier alpha value is -4.72. The summed E-state index contributed by atoms with van der Waals surface area (Å²) in [5, 5.41) is 0.690. The van der Waals surface area contributed by atoms with Crippen LogP contribution in [0.2, 0.25) is 0 Å². The van der Waals surface area contributed by atoms with Crippen LogP contribution in [0.4, 0.5) is 0 Å². The predicted molar refractivity (Wildman–Crippen MR) is 126 cm³/mol. The van der Waals surface area contributed by atoms with Crippen molar-refractivity contribution in [2.75, 3.05) is 0 Å². The quantitative estimate of drug-likeness (QED) is 0.372. The Labute approximate surface area is 193 Å². The lowest BCUT2D eigenvalue weighted by Crippen LogP contribution is -2.34. The van der Waals surface area contributed by atoms with Gasteiger partial charge in [0.25, 0.3) is 5.91 Å². The Balaban J connectivity index is 1.44. The zero-order chi connectivity index (χ0) is 23.1. The average Bonchev–Trinajstić information content (AvgIpc) is 3.47. The molecule has 5 aromatic heterocycles. The molecule has 0 atom stereocenters. The largest absolute Gasteiger partial charge is 0.422 e. The van der Waals surface area contributed by atoms with Crippen LogP contribution in [-0.2, 0) is 13.1 Å². The van der Waals surface area contributed by atoms with Gasteiger partial charge in [0, 0.05) is 17.8 Å². The second-order valence-electron chi connectivity index (χ2n) is 8.00. The molecule has 0 unspecified atom stereocenters. The number of pyridine rings is 2. The number of imidazole rings is 2. The number of amides is 1. The summed E-state index contributed by atoms with van der Waals surface area (Å²) in [5.41, 5.74) is 2.98. The first-order chi connectivity index (χ1) is 16.7. The molecule has 5 heterocycles. The molecule has 0 aliphatic rings. The average molecular weight is 449 g/mol. The topological polar surface area (TPSA) is 85.1 Å². The first-order valence-electron chi connectivity index (χ1n) is 10.8. The third kappa shape index (κ3) is 3.41. The number of hydrogen-bond donors (Lipinski definition) is 0. The van der Waals surface area contributed by atoms with E-state index in [2.05, 4.69) is 9.97 Å². The number of rotatable bonds is 5. The van der Waals surface area contributed by atoms with E-state index in [0.29, 0.717) is 11.0 Å². The lowest BCUT2D eigenvalue weighted by molar-refractivity contribution is 0.0720. The second kappa shape index (κ2) is 8.00. The van der Waals surface area contributed by atoms with Crippen molar-refractivity contribution >= 4 is 28.2 Å². The molecule has 0 spiro atoms. The van der Waals surface area contributed by atoms with Crippen LogP contribution in [0.25, 0.3) is 22.3 Å². The summed E-state index contributed by atoms with van der Waals surface area (Å²) in [6, 6.07) is 20.2. The molecular weight excluding hydrogens is 430 g/mol. The van der Waals surface area contributed by atoms with Crippen LogP contribution in [0, 0.1) is 0 Å². The molecule has 8 heteroatoms. The smallest absolute Gasteiger partial charge is 0.349 e. The third-order valence-electron chi connectivity index (χ3n) is 5.85. The minimum Gasteiger partial charge on any atom is -0.422 e. The minimum absolute atomic E-state index is 0.0126. The van der Waals surface area contributed by atoms with E-state index in [1.165, 1.54) is 0 Å². The highest BCUT2D eigenvalue weighted by molar-refractivity contribution is 5.96. The van der Waals surface area contributed by atoms with Gasteiger partial charge in [-0.15, -0.1) is 0 Å². The maximum atomic E-state index is 13.7. The molecule has 6 rings (SSSR count).